The van der Waals surface area contributed by atoms with Gasteiger partial charge in [-0.25, -0.2) is 4.98 Å². The van der Waals surface area contributed by atoms with Crippen LogP contribution in [0.15, 0.2) is 60.7 Å². The highest BCUT2D eigenvalue weighted by Gasteiger charge is 2.51. The SMILES string of the molecule is CN(C)CCNC(=O)c1ccc(-c2cccc(NC(=O)C3(c4ccc5c(c4)OCO5)CC3)n2)cc1. The van der Waals surface area contributed by atoms with Gasteiger partial charge in [0.25, 0.3) is 5.91 Å². The number of amides is 2. The van der Waals surface area contributed by atoms with Crippen molar-refractivity contribution in [3.63, 3.8) is 0 Å². The van der Waals surface area contributed by atoms with Crippen LogP contribution in [0.3, 0.4) is 0 Å². The number of benzene rings is 2. The number of anilines is 1. The Morgan fingerprint density at radius 1 is 1.00 bits per heavy atom. The van der Waals surface area contributed by atoms with Crippen molar-refractivity contribution < 1.29 is 19.1 Å². The van der Waals surface area contributed by atoms with Gasteiger partial charge < -0.3 is 25.0 Å². The molecular weight excluding hydrogens is 444 g/mol. The Kier molecular flexibility index (Phi) is 6.13. The molecule has 2 heterocycles. The molecule has 0 atom stereocenters. The van der Waals surface area contributed by atoms with Crippen molar-refractivity contribution in [2.24, 2.45) is 0 Å². The van der Waals surface area contributed by atoms with E-state index in [9.17, 15) is 9.59 Å². The third-order valence-electron chi connectivity index (χ3n) is 6.39. The molecule has 180 valence electrons. The summed E-state index contributed by atoms with van der Waals surface area (Å²) in [5.74, 6) is 1.69. The number of carbonyl (C=O) groups is 2. The highest BCUT2D eigenvalue weighted by Crippen LogP contribution is 2.51. The van der Waals surface area contributed by atoms with Gasteiger partial charge in [0, 0.05) is 24.2 Å². The predicted molar refractivity (Wildman–Crippen MR) is 133 cm³/mol. The van der Waals surface area contributed by atoms with Gasteiger partial charge >= 0.3 is 0 Å². The molecule has 3 aromatic rings. The number of pyridine rings is 1. The number of nitrogens with zero attached hydrogens (tertiary/aromatic N) is 2. The molecule has 0 bridgehead atoms. The Bertz CT molecular complexity index is 1250. The fourth-order valence-electron chi connectivity index (χ4n) is 4.15. The van der Waals surface area contributed by atoms with E-state index in [4.69, 9.17) is 9.47 Å². The average Bonchev–Trinajstić information content (AvgIpc) is 3.55. The van der Waals surface area contributed by atoms with E-state index in [1.165, 1.54) is 0 Å². The van der Waals surface area contributed by atoms with Crippen molar-refractivity contribution in [2.75, 3.05) is 39.3 Å². The topological polar surface area (TPSA) is 92.8 Å². The molecule has 1 saturated carbocycles. The van der Waals surface area contributed by atoms with Gasteiger partial charge in [0.2, 0.25) is 12.7 Å². The maximum Gasteiger partial charge on any atom is 0.251 e. The molecule has 0 unspecified atom stereocenters. The van der Waals surface area contributed by atoms with Gasteiger partial charge in [0.05, 0.1) is 11.1 Å². The van der Waals surface area contributed by atoms with Gasteiger partial charge in [-0.05, 0) is 68.9 Å². The maximum absolute atomic E-state index is 13.2. The monoisotopic (exact) mass is 472 g/mol. The molecule has 0 saturated heterocycles. The largest absolute Gasteiger partial charge is 0.454 e. The summed E-state index contributed by atoms with van der Waals surface area (Å²) in [7, 11) is 3.93. The number of likely N-dealkylation sites (N-methyl/N-ethyl adjacent to an activating group) is 1. The first-order chi connectivity index (χ1) is 16.9. The van der Waals surface area contributed by atoms with E-state index in [1.54, 1.807) is 18.2 Å². The minimum Gasteiger partial charge on any atom is -0.454 e. The third kappa shape index (κ3) is 4.83. The first-order valence-electron chi connectivity index (χ1n) is 11.7. The summed E-state index contributed by atoms with van der Waals surface area (Å²) in [6, 6.07) is 18.5. The Balaban J connectivity index is 1.26. The minimum absolute atomic E-state index is 0.0780. The Labute approximate surface area is 204 Å². The van der Waals surface area contributed by atoms with Crippen LogP contribution in [-0.4, -0.2) is 55.7 Å². The highest BCUT2D eigenvalue weighted by atomic mass is 16.7. The molecule has 1 aliphatic carbocycles. The zero-order valence-corrected chi connectivity index (χ0v) is 19.8. The molecule has 8 heteroatoms. The molecule has 0 spiro atoms. The Morgan fingerprint density at radius 3 is 2.51 bits per heavy atom. The van der Waals surface area contributed by atoms with Crippen molar-refractivity contribution in [1.82, 2.24) is 15.2 Å². The number of carbonyl (C=O) groups excluding carboxylic acids is 2. The van der Waals surface area contributed by atoms with E-state index < -0.39 is 5.41 Å². The lowest BCUT2D eigenvalue weighted by Gasteiger charge is -2.16. The molecule has 5 rings (SSSR count). The van der Waals surface area contributed by atoms with Gasteiger partial charge in [-0.3, -0.25) is 9.59 Å². The van der Waals surface area contributed by atoms with E-state index in [0.717, 1.165) is 36.2 Å². The second-order valence-electron chi connectivity index (χ2n) is 9.15. The molecule has 35 heavy (non-hydrogen) atoms. The second kappa shape index (κ2) is 9.38. The Morgan fingerprint density at radius 2 is 1.77 bits per heavy atom. The summed E-state index contributed by atoms with van der Waals surface area (Å²) < 4.78 is 10.9. The number of aromatic nitrogens is 1. The number of hydrogen-bond donors (Lipinski definition) is 2. The van der Waals surface area contributed by atoms with Crippen molar-refractivity contribution in [3.8, 4) is 22.8 Å². The third-order valence-corrected chi connectivity index (χ3v) is 6.39. The summed E-state index contributed by atoms with van der Waals surface area (Å²) in [5.41, 5.74) is 2.53. The van der Waals surface area contributed by atoms with E-state index in [0.29, 0.717) is 29.4 Å². The van der Waals surface area contributed by atoms with Crippen molar-refractivity contribution in [2.45, 2.75) is 18.3 Å². The number of rotatable bonds is 8. The molecule has 1 fully saturated rings. The molecule has 8 nitrogen and oxygen atoms in total. The molecule has 2 aromatic carbocycles. The van der Waals surface area contributed by atoms with E-state index in [1.807, 2.05) is 61.5 Å². The van der Waals surface area contributed by atoms with Gasteiger partial charge in [0.15, 0.2) is 11.5 Å². The van der Waals surface area contributed by atoms with Crippen molar-refractivity contribution in [3.05, 3.63) is 71.8 Å². The lowest BCUT2D eigenvalue weighted by Crippen LogP contribution is -2.31. The molecule has 2 amide bonds. The van der Waals surface area contributed by atoms with Gasteiger partial charge in [-0.2, -0.15) is 0 Å². The van der Waals surface area contributed by atoms with Crippen LogP contribution in [-0.2, 0) is 10.2 Å². The van der Waals surface area contributed by atoms with Crippen LogP contribution < -0.4 is 20.1 Å². The second-order valence-corrected chi connectivity index (χ2v) is 9.15. The minimum atomic E-state index is -0.569. The smallest absolute Gasteiger partial charge is 0.251 e. The van der Waals surface area contributed by atoms with E-state index in [-0.39, 0.29) is 18.6 Å². The quantitative estimate of drug-likeness (QED) is 0.522. The van der Waals surface area contributed by atoms with E-state index >= 15 is 0 Å². The van der Waals surface area contributed by atoms with Crippen LogP contribution >= 0.6 is 0 Å². The normalized spacial score (nSPS) is 15.1. The van der Waals surface area contributed by atoms with Crippen LogP contribution in [0, 0.1) is 0 Å². The van der Waals surface area contributed by atoms with Crippen LogP contribution in [0.4, 0.5) is 5.82 Å². The van der Waals surface area contributed by atoms with Gasteiger partial charge in [-0.1, -0.05) is 24.3 Å². The number of hydrogen-bond acceptors (Lipinski definition) is 6. The average molecular weight is 473 g/mol. The Hall–Kier alpha value is -3.91. The highest BCUT2D eigenvalue weighted by molar-refractivity contribution is 6.01. The molecule has 0 radical (unpaired) electrons. The predicted octanol–water partition coefficient (Wildman–Crippen LogP) is 3.44. The fraction of sp³-hybridized carbons (Fsp3) is 0.296. The number of fused-ring (bicyclic) bond motifs is 1. The maximum atomic E-state index is 13.2. The fourth-order valence-corrected chi connectivity index (χ4v) is 4.15. The summed E-state index contributed by atoms with van der Waals surface area (Å²) in [4.78, 5) is 32.2. The number of nitrogens with one attached hydrogen (secondary N) is 2. The zero-order valence-electron chi connectivity index (χ0n) is 19.8. The summed E-state index contributed by atoms with van der Waals surface area (Å²) >= 11 is 0. The lowest BCUT2D eigenvalue weighted by atomic mass is 9.94. The zero-order chi connectivity index (χ0) is 24.4. The summed E-state index contributed by atoms with van der Waals surface area (Å²) in [6.07, 6.45) is 1.55. The molecule has 1 aromatic heterocycles. The first-order valence-corrected chi connectivity index (χ1v) is 11.7. The van der Waals surface area contributed by atoms with Crippen LogP contribution in [0.2, 0.25) is 0 Å². The molecular formula is C27H28N4O4. The van der Waals surface area contributed by atoms with E-state index in [2.05, 4.69) is 15.6 Å². The lowest BCUT2D eigenvalue weighted by molar-refractivity contribution is -0.118. The summed E-state index contributed by atoms with van der Waals surface area (Å²) in [5, 5.41) is 5.90. The van der Waals surface area contributed by atoms with Crippen LogP contribution in [0.25, 0.3) is 11.3 Å². The van der Waals surface area contributed by atoms with Crippen molar-refractivity contribution >= 4 is 17.6 Å². The number of ether oxygens (including phenoxy) is 2. The molecule has 1 aliphatic heterocycles. The van der Waals surface area contributed by atoms with Crippen LogP contribution in [0.1, 0.15) is 28.8 Å². The van der Waals surface area contributed by atoms with Gasteiger partial charge in [-0.15, -0.1) is 0 Å². The van der Waals surface area contributed by atoms with Gasteiger partial charge in [0.1, 0.15) is 5.82 Å². The van der Waals surface area contributed by atoms with Crippen molar-refractivity contribution in [1.29, 1.82) is 0 Å². The van der Waals surface area contributed by atoms with Crippen LogP contribution in [0.5, 0.6) is 11.5 Å². The first kappa shape index (κ1) is 22.9. The molecule has 2 aliphatic rings. The summed E-state index contributed by atoms with van der Waals surface area (Å²) in [6.45, 7) is 1.57. The standard InChI is InChI=1S/C27H28N4O4/c1-31(2)15-14-28-25(32)19-8-6-18(7-9-19)21-4-3-5-24(29-21)30-26(33)27(12-13-27)20-10-11-22-23(16-20)35-17-34-22/h3-11,16H,12-15,17H2,1-2H3,(H,28,32)(H,29,30,33). The molecule has 2 N–H and O–H groups in total.